The Hall–Kier alpha value is -0.610. The van der Waals surface area contributed by atoms with Crippen LogP contribution in [0.1, 0.15) is 38.5 Å². The molecule has 1 N–H and O–H groups in total. The molecule has 2 rings (SSSR count). The third-order valence-electron chi connectivity index (χ3n) is 4.00. The van der Waals surface area contributed by atoms with E-state index in [4.69, 9.17) is 4.74 Å². The number of hydrogen-bond donors (Lipinski definition) is 1. The zero-order chi connectivity index (χ0) is 12.6. The van der Waals surface area contributed by atoms with Crippen LogP contribution < -0.4 is 5.32 Å². The average Bonchev–Trinajstić information content (AvgIpc) is 2.45. The summed E-state index contributed by atoms with van der Waals surface area (Å²) in [5, 5.41) is 3.42. The third-order valence-corrected chi connectivity index (χ3v) is 4.00. The summed E-state index contributed by atoms with van der Waals surface area (Å²) in [5.41, 5.74) is 0. The molecular formula is C14H26N2O2. The lowest BCUT2D eigenvalue weighted by Gasteiger charge is -2.27. The van der Waals surface area contributed by atoms with Crippen LogP contribution in [0.5, 0.6) is 0 Å². The number of carbonyl (C=O) groups is 1. The second kappa shape index (κ2) is 7.74. The molecule has 0 radical (unpaired) electrons. The standard InChI is InChI=1S/C14H26N2O2/c17-14(16-8-2-1-3-9-16)4-7-15-12-13-5-10-18-11-6-13/h13,15H,1-12H2. The highest BCUT2D eigenvalue weighted by Crippen LogP contribution is 2.13. The highest BCUT2D eigenvalue weighted by atomic mass is 16.5. The summed E-state index contributed by atoms with van der Waals surface area (Å²) >= 11 is 0. The largest absolute Gasteiger partial charge is 0.381 e. The van der Waals surface area contributed by atoms with E-state index in [2.05, 4.69) is 5.32 Å². The van der Waals surface area contributed by atoms with Gasteiger partial charge in [-0.15, -0.1) is 0 Å². The first-order chi connectivity index (χ1) is 8.86. The summed E-state index contributed by atoms with van der Waals surface area (Å²) in [5.74, 6) is 1.07. The highest BCUT2D eigenvalue weighted by molar-refractivity contribution is 5.76. The van der Waals surface area contributed by atoms with E-state index >= 15 is 0 Å². The first-order valence-electron chi connectivity index (χ1n) is 7.42. The molecule has 4 nitrogen and oxygen atoms in total. The van der Waals surface area contributed by atoms with Gasteiger partial charge >= 0.3 is 0 Å². The SMILES string of the molecule is O=C(CCNCC1CCOCC1)N1CCCCC1. The molecule has 2 heterocycles. The van der Waals surface area contributed by atoms with Gasteiger partial charge in [0.2, 0.25) is 5.91 Å². The number of amides is 1. The zero-order valence-corrected chi connectivity index (χ0v) is 11.3. The fourth-order valence-electron chi connectivity index (χ4n) is 2.75. The Morgan fingerprint density at radius 1 is 1.17 bits per heavy atom. The van der Waals surface area contributed by atoms with Gasteiger partial charge in [-0.05, 0) is 44.6 Å². The van der Waals surface area contributed by atoms with Gasteiger partial charge in [0, 0.05) is 39.3 Å². The Morgan fingerprint density at radius 3 is 2.61 bits per heavy atom. The number of likely N-dealkylation sites (tertiary alicyclic amines) is 1. The van der Waals surface area contributed by atoms with Crippen LogP contribution in [-0.4, -0.2) is 50.2 Å². The van der Waals surface area contributed by atoms with Gasteiger partial charge in [0.1, 0.15) is 0 Å². The van der Waals surface area contributed by atoms with Crippen LogP contribution in [-0.2, 0) is 9.53 Å². The number of nitrogens with zero attached hydrogens (tertiary/aromatic N) is 1. The summed E-state index contributed by atoms with van der Waals surface area (Å²) in [6.07, 6.45) is 6.62. The number of ether oxygens (including phenoxy) is 1. The summed E-state index contributed by atoms with van der Waals surface area (Å²) in [4.78, 5) is 13.9. The van der Waals surface area contributed by atoms with E-state index in [0.29, 0.717) is 12.3 Å². The zero-order valence-electron chi connectivity index (χ0n) is 11.3. The predicted octanol–water partition coefficient (Wildman–Crippen LogP) is 1.41. The van der Waals surface area contributed by atoms with Crippen LogP contribution in [0.15, 0.2) is 0 Å². The van der Waals surface area contributed by atoms with E-state index in [1.807, 2.05) is 4.90 Å². The van der Waals surface area contributed by atoms with Gasteiger partial charge in [-0.2, -0.15) is 0 Å². The minimum atomic E-state index is 0.328. The van der Waals surface area contributed by atoms with Gasteiger partial charge < -0.3 is 15.0 Å². The minimum Gasteiger partial charge on any atom is -0.381 e. The molecule has 1 amide bonds. The Balaban J connectivity index is 1.52. The van der Waals surface area contributed by atoms with Gasteiger partial charge in [-0.25, -0.2) is 0 Å². The van der Waals surface area contributed by atoms with Crippen molar-refractivity contribution in [3.8, 4) is 0 Å². The van der Waals surface area contributed by atoms with Gasteiger partial charge in [-0.1, -0.05) is 0 Å². The van der Waals surface area contributed by atoms with Crippen LogP contribution >= 0.6 is 0 Å². The van der Waals surface area contributed by atoms with Crippen LogP contribution in [0.4, 0.5) is 0 Å². The van der Waals surface area contributed by atoms with Crippen LogP contribution in [0.25, 0.3) is 0 Å². The van der Waals surface area contributed by atoms with Gasteiger partial charge in [0.05, 0.1) is 0 Å². The van der Waals surface area contributed by atoms with Gasteiger partial charge in [-0.3, -0.25) is 4.79 Å². The van der Waals surface area contributed by atoms with E-state index in [0.717, 1.165) is 58.2 Å². The van der Waals surface area contributed by atoms with Crippen LogP contribution in [0, 0.1) is 5.92 Å². The molecule has 0 aromatic heterocycles. The van der Waals surface area contributed by atoms with Crippen molar-refractivity contribution in [2.75, 3.05) is 39.4 Å². The van der Waals surface area contributed by atoms with E-state index < -0.39 is 0 Å². The molecule has 104 valence electrons. The fourth-order valence-corrected chi connectivity index (χ4v) is 2.75. The Labute approximate surface area is 110 Å². The molecule has 2 aliphatic heterocycles. The maximum Gasteiger partial charge on any atom is 0.223 e. The molecule has 0 spiro atoms. The first-order valence-corrected chi connectivity index (χ1v) is 7.42. The molecule has 2 saturated heterocycles. The Morgan fingerprint density at radius 2 is 1.89 bits per heavy atom. The second-order valence-electron chi connectivity index (χ2n) is 5.45. The molecule has 0 aromatic rings. The van der Waals surface area contributed by atoms with Gasteiger partial charge in [0.15, 0.2) is 0 Å². The Kier molecular flexibility index (Phi) is 5.94. The van der Waals surface area contributed by atoms with Crippen LogP contribution in [0.2, 0.25) is 0 Å². The van der Waals surface area contributed by atoms with E-state index in [9.17, 15) is 4.79 Å². The van der Waals surface area contributed by atoms with Crippen molar-refractivity contribution in [2.45, 2.75) is 38.5 Å². The molecule has 0 bridgehead atoms. The van der Waals surface area contributed by atoms with Crippen molar-refractivity contribution in [3.63, 3.8) is 0 Å². The molecular weight excluding hydrogens is 228 g/mol. The third kappa shape index (κ3) is 4.58. The molecule has 0 aliphatic carbocycles. The van der Waals surface area contributed by atoms with E-state index in [1.165, 1.54) is 19.3 Å². The number of nitrogens with one attached hydrogen (secondary N) is 1. The highest BCUT2D eigenvalue weighted by Gasteiger charge is 2.16. The first kappa shape index (κ1) is 13.8. The summed E-state index contributed by atoms with van der Waals surface area (Å²) < 4.78 is 5.34. The van der Waals surface area contributed by atoms with Crippen molar-refractivity contribution >= 4 is 5.91 Å². The number of piperidine rings is 1. The predicted molar refractivity (Wildman–Crippen MR) is 71.5 cm³/mol. The average molecular weight is 254 g/mol. The summed E-state index contributed by atoms with van der Waals surface area (Å²) in [7, 11) is 0. The lowest BCUT2D eigenvalue weighted by atomic mass is 10.0. The van der Waals surface area contributed by atoms with Crippen LogP contribution in [0.3, 0.4) is 0 Å². The second-order valence-corrected chi connectivity index (χ2v) is 5.45. The quantitative estimate of drug-likeness (QED) is 0.754. The van der Waals surface area contributed by atoms with E-state index in [-0.39, 0.29) is 0 Å². The number of hydrogen-bond acceptors (Lipinski definition) is 3. The fraction of sp³-hybridized carbons (Fsp3) is 0.929. The molecule has 0 atom stereocenters. The molecule has 4 heteroatoms. The smallest absolute Gasteiger partial charge is 0.223 e. The van der Waals surface area contributed by atoms with Crippen molar-refractivity contribution in [1.29, 1.82) is 0 Å². The van der Waals surface area contributed by atoms with Crippen molar-refractivity contribution in [2.24, 2.45) is 5.92 Å². The van der Waals surface area contributed by atoms with Gasteiger partial charge in [0.25, 0.3) is 0 Å². The molecule has 2 aliphatic rings. The van der Waals surface area contributed by atoms with Crippen molar-refractivity contribution in [3.05, 3.63) is 0 Å². The normalized spacial score (nSPS) is 22.1. The summed E-state index contributed by atoms with van der Waals surface area (Å²) in [6.45, 7) is 5.61. The lowest BCUT2D eigenvalue weighted by molar-refractivity contribution is -0.131. The lowest BCUT2D eigenvalue weighted by Crippen LogP contribution is -2.37. The summed E-state index contributed by atoms with van der Waals surface area (Å²) in [6, 6.07) is 0. The molecule has 0 aromatic carbocycles. The maximum atomic E-state index is 11.9. The topological polar surface area (TPSA) is 41.6 Å². The molecule has 2 fully saturated rings. The monoisotopic (exact) mass is 254 g/mol. The van der Waals surface area contributed by atoms with Crippen molar-refractivity contribution in [1.82, 2.24) is 10.2 Å². The molecule has 18 heavy (non-hydrogen) atoms. The van der Waals surface area contributed by atoms with E-state index in [1.54, 1.807) is 0 Å². The maximum absolute atomic E-state index is 11.9. The minimum absolute atomic E-state index is 0.328. The number of carbonyl (C=O) groups excluding carboxylic acids is 1. The Bertz CT molecular complexity index is 246. The number of rotatable bonds is 5. The molecule has 0 saturated carbocycles. The molecule has 0 unspecified atom stereocenters. The van der Waals surface area contributed by atoms with Crippen molar-refractivity contribution < 1.29 is 9.53 Å².